The SMILES string of the molecule is CC1CN(CC(=O)N[C@@H](CC(=O)NC[C@@H]2CCCN(C(=N)N)C2)C(=O)N(CCNC(=O)c2cnccn2)C2CC2)CC(C)O1. The fourth-order valence-electron chi connectivity index (χ4n) is 5.88. The molecule has 15 heteroatoms. The maximum atomic E-state index is 13.9. The van der Waals surface area contributed by atoms with Gasteiger partial charge in [0.2, 0.25) is 17.7 Å². The highest BCUT2D eigenvalue weighted by atomic mass is 16.5. The van der Waals surface area contributed by atoms with Gasteiger partial charge in [0.15, 0.2) is 5.96 Å². The van der Waals surface area contributed by atoms with Gasteiger partial charge >= 0.3 is 0 Å². The van der Waals surface area contributed by atoms with Crippen LogP contribution in [0.3, 0.4) is 0 Å². The number of nitrogens with one attached hydrogen (secondary N) is 4. The lowest BCUT2D eigenvalue weighted by Crippen LogP contribution is -2.55. The topological polar surface area (TPSA) is 199 Å². The third-order valence-corrected chi connectivity index (χ3v) is 8.04. The monoisotopic (exact) mass is 614 g/mol. The average Bonchev–Trinajstić information content (AvgIpc) is 3.83. The van der Waals surface area contributed by atoms with E-state index >= 15 is 0 Å². The number of guanidine groups is 1. The molecule has 1 aromatic heterocycles. The Morgan fingerprint density at radius 1 is 1.09 bits per heavy atom. The highest BCUT2D eigenvalue weighted by Crippen LogP contribution is 2.27. The lowest BCUT2D eigenvalue weighted by molar-refractivity contribution is -0.140. The van der Waals surface area contributed by atoms with E-state index in [1.807, 2.05) is 18.7 Å². The molecule has 0 radical (unpaired) electrons. The summed E-state index contributed by atoms with van der Waals surface area (Å²) >= 11 is 0. The number of hydrogen-bond acceptors (Lipinski definition) is 9. The lowest BCUT2D eigenvalue weighted by atomic mass is 9.98. The summed E-state index contributed by atoms with van der Waals surface area (Å²) in [5.74, 6) is -1.28. The number of morpholine rings is 1. The molecule has 242 valence electrons. The van der Waals surface area contributed by atoms with E-state index in [0.29, 0.717) is 26.2 Å². The van der Waals surface area contributed by atoms with E-state index in [9.17, 15) is 19.2 Å². The van der Waals surface area contributed by atoms with Crippen molar-refractivity contribution in [3.63, 3.8) is 0 Å². The van der Waals surface area contributed by atoms with Crippen molar-refractivity contribution in [3.05, 3.63) is 24.3 Å². The number of likely N-dealkylation sites (tertiary alicyclic amines) is 1. The summed E-state index contributed by atoms with van der Waals surface area (Å²) in [6.45, 7) is 7.29. The second-order valence-electron chi connectivity index (χ2n) is 12.0. The summed E-state index contributed by atoms with van der Waals surface area (Å²) in [5.41, 5.74) is 5.83. The van der Waals surface area contributed by atoms with Crippen LogP contribution in [0.4, 0.5) is 0 Å². The Morgan fingerprint density at radius 3 is 2.50 bits per heavy atom. The van der Waals surface area contributed by atoms with Crippen LogP contribution in [0.2, 0.25) is 0 Å². The Morgan fingerprint density at radius 2 is 1.84 bits per heavy atom. The molecule has 44 heavy (non-hydrogen) atoms. The lowest BCUT2D eigenvalue weighted by Gasteiger charge is -2.35. The second kappa shape index (κ2) is 15.7. The van der Waals surface area contributed by atoms with Gasteiger partial charge in [-0.15, -0.1) is 0 Å². The summed E-state index contributed by atoms with van der Waals surface area (Å²) in [7, 11) is 0. The average molecular weight is 615 g/mol. The first-order valence-corrected chi connectivity index (χ1v) is 15.5. The minimum Gasteiger partial charge on any atom is -0.373 e. The van der Waals surface area contributed by atoms with E-state index in [4.69, 9.17) is 15.9 Å². The Labute approximate surface area is 258 Å². The van der Waals surface area contributed by atoms with Gasteiger partial charge < -0.3 is 36.2 Å². The molecule has 2 unspecified atom stereocenters. The molecule has 3 aliphatic rings. The highest BCUT2D eigenvalue weighted by Gasteiger charge is 2.37. The zero-order chi connectivity index (χ0) is 31.6. The minimum absolute atomic E-state index is 0.0147. The highest BCUT2D eigenvalue weighted by molar-refractivity contribution is 5.93. The van der Waals surface area contributed by atoms with Crippen molar-refractivity contribution in [1.29, 1.82) is 5.41 Å². The number of amides is 4. The number of aromatic nitrogens is 2. The molecule has 0 spiro atoms. The first-order valence-electron chi connectivity index (χ1n) is 15.5. The molecule has 2 aliphatic heterocycles. The van der Waals surface area contributed by atoms with Crippen molar-refractivity contribution < 1.29 is 23.9 Å². The molecule has 4 amide bonds. The normalized spacial score (nSPS) is 22.9. The third kappa shape index (κ3) is 10.1. The number of nitrogens with zero attached hydrogens (tertiary/aromatic N) is 5. The Balaban J connectivity index is 1.37. The number of ether oxygens (including phenoxy) is 1. The summed E-state index contributed by atoms with van der Waals surface area (Å²) in [6, 6.07) is -1.08. The van der Waals surface area contributed by atoms with E-state index in [-0.39, 0.29) is 79.6 Å². The summed E-state index contributed by atoms with van der Waals surface area (Å²) < 4.78 is 5.77. The van der Waals surface area contributed by atoms with Gasteiger partial charge in [0.25, 0.3) is 5.91 Å². The van der Waals surface area contributed by atoms with Crippen molar-refractivity contribution in [2.24, 2.45) is 11.7 Å². The molecule has 1 aliphatic carbocycles. The van der Waals surface area contributed by atoms with E-state index in [2.05, 4.69) is 25.9 Å². The third-order valence-electron chi connectivity index (χ3n) is 8.04. The molecule has 3 fully saturated rings. The minimum atomic E-state index is -1.06. The number of rotatable bonds is 13. The zero-order valence-electron chi connectivity index (χ0n) is 25.7. The molecule has 2 saturated heterocycles. The summed E-state index contributed by atoms with van der Waals surface area (Å²) in [4.78, 5) is 66.0. The molecule has 3 heterocycles. The molecular formula is C29H46N10O5. The molecule has 4 rings (SSSR count). The number of carbonyl (C=O) groups excluding carboxylic acids is 4. The Hall–Kier alpha value is -3.85. The first kappa shape index (κ1) is 33.1. The molecule has 15 nitrogen and oxygen atoms in total. The molecule has 1 aromatic rings. The van der Waals surface area contributed by atoms with E-state index in [0.717, 1.165) is 32.2 Å². The maximum absolute atomic E-state index is 13.9. The van der Waals surface area contributed by atoms with Crippen LogP contribution >= 0.6 is 0 Å². The second-order valence-corrected chi connectivity index (χ2v) is 12.0. The maximum Gasteiger partial charge on any atom is 0.271 e. The van der Waals surface area contributed by atoms with Gasteiger partial charge in [0.05, 0.1) is 31.4 Å². The van der Waals surface area contributed by atoms with Crippen LogP contribution in [0.1, 0.15) is 56.4 Å². The van der Waals surface area contributed by atoms with Crippen molar-refractivity contribution in [3.8, 4) is 0 Å². The number of carbonyl (C=O) groups is 4. The van der Waals surface area contributed by atoms with Crippen LogP contribution in [0.25, 0.3) is 0 Å². The molecular weight excluding hydrogens is 568 g/mol. The Kier molecular flexibility index (Phi) is 11.8. The predicted octanol–water partition coefficient (Wildman–Crippen LogP) is -1.10. The van der Waals surface area contributed by atoms with Crippen LogP contribution in [-0.2, 0) is 19.1 Å². The zero-order valence-corrected chi connectivity index (χ0v) is 25.7. The van der Waals surface area contributed by atoms with Gasteiger partial charge in [0.1, 0.15) is 11.7 Å². The quantitative estimate of drug-likeness (QED) is 0.134. The Bertz CT molecular complexity index is 1160. The first-order chi connectivity index (χ1) is 21.1. The summed E-state index contributed by atoms with van der Waals surface area (Å²) in [5, 5.41) is 16.2. The fraction of sp³-hybridized carbons (Fsp3) is 0.690. The molecule has 0 bridgehead atoms. The molecule has 1 saturated carbocycles. The molecule has 4 atom stereocenters. The van der Waals surface area contributed by atoms with Crippen LogP contribution in [-0.4, -0.2) is 131 Å². The molecule has 6 N–H and O–H groups in total. The van der Waals surface area contributed by atoms with Gasteiger partial charge in [-0.05, 0) is 45.4 Å². The predicted molar refractivity (Wildman–Crippen MR) is 161 cm³/mol. The van der Waals surface area contributed by atoms with Crippen molar-refractivity contribution >= 4 is 29.6 Å². The van der Waals surface area contributed by atoms with Crippen LogP contribution in [0.15, 0.2) is 18.6 Å². The van der Waals surface area contributed by atoms with Gasteiger partial charge in [-0.25, -0.2) is 4.98 Å². The van der Waals surface area contributed by atoms with E-state index < -0.39 is 11.9 Å². The number of nitrogens with two attached hydrogens (primary N) is 1. The largest absolute Gasteiger partial charge is 0.373 e. The van der Waals surface area contributed by atoms with Crippen molar-refractivity contribution in [1.82, 2.24) is 40.6 Å². The van der Waals surface area contributed by atoms with Crippen molar-refractivity contribution in [2.45, 2.75) is 70.2 Å². The van der Waals surface area contributed by atoms with Crippen LogP contribution < -0.4 is 21.7 Å². The van der Waals surface area contributed by atoms with Crippen molar-refractivity contribution in [2.75, 3.05) is 52.4 Å². The van der Waals surface area contributed by atoms with Crippen LogP contribution in [0, 0.1) is 11.3 Å². The molecule has 0 aromatic carbocycles. The van der Waals surface area contributed by atoms with Gasteiger partial charge in [-0.1, -0.05) is 0 Å². The summed E-state index contributed by atoms with van der Waals surface area (Å²) in [6.07, 6.45) is 7.43. The van der Waals surface area contributed by atoms with Gasteiger partial charge in [-0.2, -0.15) is 0 Å². The number of piperidine rings is 1. The standard InChI is InChI=1S/C29H46N10O5/c1-19-15-37(16-20(2)44-19)18-26(41)36-23(12-25(40)35-13-21-4-3-10-38(17-21)29(30)31)28(43)39(22-5-6-22)11-9-34-27(42)24-14-32-7-8-33-24/h7-8,14,19-23H,3-6,9-13,15-18H2,1-2H3,(H3,30,31)(H,34,42)(H,35,40)(H,36,41)/t19?,20?,21-,23-/m0/s1. The van der Waals surface area contributed by atoms with Gasteiger partial charge in [-0.3, -0.25) is 34.5 Å². The van der Waals surface area contributed by atoms with Gasteiger partial charge in [0, 0.05) is 64.2 Å². The van der Waals surface area contributed by atoms with Crippen LogP contribution in [0.5, 0.6) is 0 Å². The fourth-order valence-corrected chi connectivity index (χ4v) is 5.88. The van der Waals surface area contributed by atoms with E-state index in [1.165, 1.54) is 18.6 Å². The smallest absolute Gasteiger partial charge is 0.271 e. The van der Waals surface area contributed by atoms with E-state index in [1.54, 1.807) is 9.80 Å². The number of hydrogen-bond donors (Lipinski definition) is 5.